The molecule has 0 saturated carbocycles. The Morgan fingerprint density at radius 1 is 1.24 bits per heavy atom. The fraction of sp³-hybridized carbons (Fsp3) is 0.318. The van der Waals surface area contributed by atoms with E-state index in [4.69, 9.17) is 0 Å². The van der Waals surface area contributed by atoms with Crippen molar-refractivity contribution >= 4 is 34.2 Å². The lowest BCUT2D eigenvalue weighted by molar-refractivity contribution is -0.116. The first-order chi connectivity index (χ1) is 13.9. The number of nitrogens with one attached hydrogen (secondary N) is 2. The molecule has 0 saturated heterocycles. The minimum atomic E-state index is -0.176. The number of benzene rings is 1. The van der Waals surface area contributed by atoms with Gasteiger partial charge in [0.2, 0.25) is 5.91 Å². The van der Waals surface area contributed by atoms with Crippen molar-refractivity contribution in [3.8, 4) is 0 Å². The van der Waals surface area contributed by atoms with Crippen LogP contribution in [0.15, 0.2) is 36.5 Å². The van der Waals surface area contributed by atoms with Gasteiger partial charge in [0.05, 0.1) is 11.4 Å². The maximum Gasteiger partial charge on any atom is 0.251 e. The summed E-state index contributed by atoms with van der Waals surface area (Å²) in [4.78, 5) is 30.9. The molecule has 6 nitrogen and oxygen atoms in total. The molecule has 1 atom stereocenters. The Bertz CT molecular complexity index is 1050. The van der Waals surface area contributed by atoms with Gasteiger partial charge in [-0.3, -0.25) is 14.0 Å². The number of hydrogen-bond donors (Lipinski definition) is 2. The molecule has 0 aliphatic rings. The van der Waals surface area contributed by atoms with Gasteiger partial charge in [-0.25, -0.2) is 4.98 Å². The van der Waals surface area contributed by atoms with Crippen molar-refractivity contribution in [2.75, 3.05) is 0 Å². The van der Waals surface area contributed by atoms with Gasteiger partial charge in [-0.15, -0.1) is 11.3 Å². The molecule has 29 heavy (non-hydrogen) atoms. The van der Waals surface area contributed by atoms with Crippen molar-refractivity contribution < 1.29 is 9.59 Å². The molecule has 2 aromatic heterocycles. The Hall–Kier alpha value is -2.93. The first kappa shape index (κ1) is 20.8. The average Bonchev–Trinajstić information content (AvgIpc) is 3.19. The van der Waals surface area contributed by atoms with Crippen molar-refractivity contribution in [2.24, 2.45) is 0 Å². The largest absolute Gasteiger partial charge is 0.350 e. The molecule has 0 bridgehead atoms. The van der Waals surface area contributed by atoms with Gasteiger partial charge in [0.25, 0.3) is 5.91 Å². The summed E-state index contributed by atoms with van der Waals surface area (Å²) in [5.74, 6) is -0.256. The zero-order valence-corrected chi connectivity index (χ0v) is 18.0. The summed E-state index contributed by atoms with van der Waals surface area (Å²) in [5.41, 5.74) is 3.36. The van der Waals surface area contributed by atoms with Crippen LogP contribution in [0.4, 0.5) is 0 Å². The highest BCUT2D eigenvalue weighted by molar-refractivity contribution is 7.17. The summed E-state index contributed by atoms with van der Waals surface area (Å²) in [6, 6.07) is 7.41. The van der Waals surface area contributed by atoms with Gasteiger partial charge in [0, 0.05) is 35.3 Å². The summed E-state index contributed by atoms with van der Waals surface area (Å²) in [6.07, 6.45) is 6.23. The minimum Gasteiger partial charge on any atom is -0.350 e. The van der Waals surface area contributed by atoms with Crippen LogP contribution in [-0.2, 0) is 11.3 Å². The van der Waals surface area contributed by atoms with Crippen LogP contribution in [0.2, 0.25) is 0 Å². The number of thiazole rings is 1. The van der Waals surface area contributed by atoms with Crippen LogP contribution in [0.5, 0.6) is 0 Å². The molecule has 3 rings (SSSR count). The normalized spacial score (nSPS) is 12.4. The van der Waals surface area contributed by atoms with E-state index in [1.807, 2.05) is 50.4 Å². The highest BCUT2D eigenvalue weighted by Gasteiger charge is 2.10. The zero-order chi connectivity index (χ0) is 21.0. The van der Waals surface area contributed by atoms with E-state index in [9.17, 15) is 9.59 Å². The second-order valence-electron chi connectivity index (χ2n) is 7.11. The quantitative estimate of drug-likeness (QED) is 0.581. The third kappa shape index (κ3) is 5.12. The Labute approximate surface area is 174 Å². The maximum atomic E-state index is 12.2. The van der Waals surface area contributed by atoms with Gasteiger partial charge in [-0.1, -0.05) is 19.1 Å². The minimum absolute atomic E-state index is 0.0796. The monoisotopic (exact) mass is 410 g/mol. The molecule has 152 valence electrons. The average molecular weight is 411 g/mol. The number of imidazole rings is 1. The van der Waals surface area contributed by atoms with E-state index < -0.39 is 0 Å². The number of nitrogens with zero attached hydrogens (tertiary/aromatic N) is 2. The number of aromatic nitrogens is 2. The molecule has 1 aromatic carbocycles. The molecule has 0 radical (unpaired) electrons. The van der Waals surface area contributed by atoms with Crippen LogP contribution in [0.25, 0.3) is 11.0 Å². The Morgan fingerprint density at radius 3 is 2.66 bits per heavy atom. The Balaban J connectivity index is 1.57. The van der Waals surface area contributed by atoms with Crippen molar-refractivity contribution in [3.05, 3.63) is 63.9 Å². The Morgan fingerprint density at radius 2 is 1.97 bits per heavy atom. The molecule has 2 amide bonds. The topological polar surface area (TPSA) is 75.5 Å². The molecular weight excluding hydrogens is 384 g/mol. The molecule has 2 N–H and O–H groups in total. The smallest absolute Gasteiger partial charge is 0.251 e. The van der Waals surface area contributed by atoms with Crippen LogP contribution in [0.3, 0.4) is 0 Å². The predicted molar refractivity (Wildman–Crippen MR) is 117 cm³/mol. The number of hydrogen-bond acceptors (Lipinski definition) is 4. The number of carbonyl (C=O) groups excluding carboxylic acids is 2. The van der Waals surface area contributed by atoms with Gasteiger partial charge in [0.15, 0.2) is 4.96 Å². The van der Waals surface area contributed by atoms with Gasteiger partial charge in [0.1, 0.15) is 0 Å². The van der Waals surface area contributed by atoms with Crippen LogP contribution in [0, 0.1) is 13.8 Å². The molecule has 0 aliphatic heterocycles. The maximum absolute atomic E-state index is 12.2. The van der Waals surface area contributed by atoms with Gasteiger partial charge in [-0.05, 0) is 51.0 Å². The van der Waals surface area contributed by atoms with Crippen molar-refractivity contribution in [2.45, 2.75) is 46.7 Å². The second kappa shape index (κ2) is 9.05. The van der Waals surface area contributed by atoms with Gasteiger partial charge in [-0.2, -0.15) is 0 Å². The van der Waals surface area contributed by atoms with E-state index in [-0.39, 0.29) is 17.9 Å². The zero-order valence-electron chi connectivity index (χ0n) is 17.2. The van der Waals surface area contributed by atoms with Crippen molar-refractivity contribution in [1.82, 2.24) is 20.0 Å². The van der Waals surface area contributed by atoms with Crippen molar-refractivity contribution in [3.63, 3.8) is 0 Å². The molecule has 2 heterocycles. The van der Waals surface area contributed by atoms with Crippen molar-refractivity contribution in [1.29, 1.82) is 0 Å². The van der Waals surface area contributed by atoms with Crippen LogP contribution >= 0.6 is 11.3 Å². The Kier molecular flexibility index (Phi) is 6.49. The summed E-state index contributed by atoms with van der Waals surface area (Å²) in [7, 11) is 0. The van der Waals surface area contributed by atoms with E-state index >= 15 is 0 Å². The van der Waals surface area contributed by atoms with E-state index in [0.29, 0.717) is 12.1 Å². The lowest BCUT2D eigenvalue weighted by atomic mass is 10.1. The molecule has 0 aliphatic carbocycles. The molecule has 1 unspecified atom stereocenters. The number of fused-ring (bicyclic) bond motifs is 1. The standard InChI is InChI=1S/C22H26N4O2S/c1-5-14(2)24-21(28)18-8-6-17(7-9-18)12-23-20(27)11-10-19-16(4)25-22-26(19)13-15(3)29-22/h6-11,13-14H,5,12H2,1-4H3,(H,23,27)(H,24,28)/b11-10+. The molecular formula is C22H26N4O2S. The predicted octanol–water partition coefficient (Wildman–Crippen LogP) is 3.87. The van der Waals surface area contributed by atoms with E-state index in [1.54, 1.807) is 29.5 Å². The van der Waals surface area contributed by atoms with E-state index in [0.717, 1.165) is 28.3 Å². The second-order valence-corrected chi connectivity index (χ2v) is 8.32. The fourth-order valence-corrected chi connectivity index (χ4v) is 3.75. The molecule has 3 aromatic rings. The summed E-state index contributed by atoms with van der Waals surface area (Å²) in [6.45, 7) is 8.38. The first-order valence-corrected chi connectivity index (χ1v) is 10.5. The first-order valence-electron chi connectivity index (χ1n) is 9.68. The summed E-state index contributed by atoms with van der Waals surface area (Å²) in [5, 5.41) is 5.81. The third-order valence-corrected chi connectivity index (χ3v) is 5.63. The molecule has 0 spiro atoms. The number of aryl methyl sites for hydroxylation is 2. The highest BCUT2D eigenvalue weighted by Crippen LogP contribution is 2.21. The third-order valence-electron chi connectivity index (χ3n) is 4.73. The van der Waals surface area contributed by atoms with E-state index in [2.05, 4.69) is 15.6 Å². The summed E-state index contributed by atoms with van der Waals surface area (Å²) >= 11 is 1.63. The number of amides is 2. The van der Waals surface area contributed by atoms with Crippen LogP contribution in [-0.4, -0.2) is 27.2 Å². The molecule has 0 fully saturated rings. The highest BCUT2D eigenvalue weighted by atomic mass is 32.1. The lowest BCUT2D eigenvalue weighted by Gasteiger charge is -2.11. The summed E-state index contributed by atoms with van der Waals surface area (Å²) < 4.78 is 2.00. The number of rotatable bonds is 7. The van der Waals surface area contributed by atoms with Gasteiger partial charge >= 0.3 is 0 Å². The lowest BCUT2D eigenvalue weighted by Crippen LogP contribution is -2.31. The number of carbonyl (C=O) groups is 2. The SMILES string of the molecule is CCC(C)NC(=O)c1ccc(CNC(=O)/C=C/c2c(C)nc3sc(C)cn23)cc1. The van der Waals surface area contributed by atoms with E-state index in [1.165, 1.54) is 11.0 Å². The van der Waals surface area contributed by atoms with Crippen LogP contribution < -0.4 is 10.6 Å². The fourth-order valence-electron chi connectivity index (χ4n) is 2.87. The van der Waals surface area contributed by atoms with Gasteiger partial charge < -0.3 is 10.6 Å². The van der Waals surface area contributed by atoms with Crippen LogP contribution in [0.1, 0.15) is 52.5 Å². The molecule has 7 heteroatoms.